The molecule has 8 heteroatoms. The molecule has 0 aromatic heterocycles. The number of imide groups is 1. The fourth-order valence-corrected chi connectivity index (χ4v) is 3.28. The number of ether oxygens (including phenoxy) is 2. The number of aromatic hydroxyl groups is 2. The second-order valence-corrected chi connectivity index (χ2v) is 6.30. The third kappa shape index (κ3) is 3.18. The first-order valence-corrected chi connectivity index (χ1v) is 8.28. The van der Waals surface area contributed by atoms with Crippen molar-refractivity contribution in [2.24, 2.45) is 0 Å². The van der Waals surface area contributed by atoms with Gasteiger partial charge in [-0.1, -0.05) is 0 Å². The van der Waals surface area contributed by atoms with Gasteiger partial charge in [0.05, 0.1) is 24.8 Å². The molecular formula is C18H15NO6S. The fourth-order valence-electron chi connectivity index (χ4n) is 2.44. The Hall–Kier alpha value is -3.13. The quantitative estimate of drug-likeness (QED) is 0.793. The van der Waals surface area contributed by atoms with Crippen LogP contribution in [-0.2, 0) is 4.79 Å². The summed E-state index contributed by atoms with van der Waals surface area (Å²) in [6, 6.07) is 8.84. The average Bonchev–Trinajstić information content (AvgIpc) is 2.90. The number of methoxy groups -OCH3 is 2. The molecule has 26 heavy (non-hydrogen) atoms. The van der Waals surface area contributed by atoms with E-state index in [2.05, 4.69) is 0 Å². The predicted octanol–water partition coefficient (Wildman–Crippen LogP) is 3.36. The standard InChI is InChI=1S/C18H15NO6S/c1-24-13-7-10(8-14(25-2)16(13)21)9-15-17(22)19(18(23)26-15)11-3-5-12(20)6-4-11/h3-9,20-21H,1-2H3/b15-9-. The lowest BCUT2D eigenvalue weighted by Crippen LogP contribution is -2.27. The third-order valence-corrected chi connectivity index (χ3v) is 4.57. The van der Waals surface area contributed by atoms with Crippen LogP contribution in [0.1, 0.15) is 5.56 Å². The van der Waals surface area contributed by atoms with Crippen LogP contribution in [0.4, 0.5) is 10.5 Å². The Labute approximate surface area is 153 Å². The molecule has 0 aliphatic carbocycles. The zero-order valence-corrected chi connectivity index (χ0v) is 14.7. The van der Waals surface area contributed by atoms with E-state index in [-0.39, 0.29) is 27.9 Å². The Morgan fingerprint density at radius 3 is 2.12 bits per heavy atom. The summed E-state index contributed by atoms with van der Waals surface area (Å²) < 4.78 is 10.2. The molecule has 0 radical (unpaired) electrons. The minimum atomic E-state index is -0.475. The fraction of sp³-hybridized carbons (Fsp3) is 0.111. The number of phenols is 2. The van der Waals surface area contributed by atoms with Gasteiger partial charge in [0.25, 0.3) is 11.1 Å². The number of thioether (sulfide) groups is 1. The molecule has 0 saturated carbocycles. The van der Waals surface area contributed by atoms with Crippen molar-refractivity contribution in [3.8, 4) is 23.0 Å². The molecule has 0 spiro atoms. The van der Waals surface area contributed by atoms with Gasteiger partial charge in [0.1, 0.15) is 5.75 Å². The van der Waals surface area contributed by atoms with Crippen LogP contribution in [0, 0.1) is 0 Å². The molecule has 0 bridgehead atoms. The lowest BCUT2D eigenvalue weighted by Gasteiger charge is -2.12. The Kier molecular flexibility index (Phi) is 4.77. The van der Waals surface area contributed by atoms with Crippen LogP contribution < -0.4 is 14.4 Å². The minimum absolute atomic E-state index is 0.0412. The molecule has 2 N–H and O–H groups in total. The summed E-state index contributed by atoms with van der Waals surface area (Å²) >= 11 is 0.799. The summed E-state index contributed by atoms with van der Waals surface area (Å²) in [4.78, 5) is 26.1. The third-order valence-electron chi connectivity index (χ3n) is 3.70. The van der Waals surface area contributed by atoms with Crippen molar-refractivity contribution in [3.63, 3.8) is 0 Å². The number of benzene rings is 2. The molecule has 0 unspecified atom stereocenters. The Balaban J connectivity index is 1.97. The first-order chi connectivity index (χ1) is 12.4. The number of hydrogen-bond donors (Lipinski definition) is 2. The maximum absolute atomic E-state index is 12.6. The van der Waals surface area contributed by atoms with E-state index < -0.39 is 11.1 Å². The molecule has 0 atom stereocenters. The highest BCUT2D eigenvalue weighted by Gasteiger charge is 2.36. The van der Waals surface area contributed by atoms with Crippen molar-refractivity contribution in [3.05, 3.63) is 46.9 Å². The van der Waals surface area contributed by atoms with Crippen molar-refractivity contribution < 1.29 is 29.3 Å². The van der Waals surface area contributed by atoms with Crippen LogP contribution in [0.15, 0.2) is 41.3 Å². The zero-order valence-electron chi connectivity index (χ0n) is 13.9. The smallest absolute Gasteiger partial charge is 0.298 e. The normalized spacial score (nSPS) is 15.6. The van der Waals surface area contributed by atoms with Gasteiger partial charge in [0.15, 0.2) is 11.5 Å². The number of phenolic OH excluding ortho intramolecular Hbond substituents is 2. The molecule has 1 saturated heterocycles. The van der Waals surface area contributed by atoms with Crippen LogP contribution >= 0.6 is 11.8 Å². The van der Waals surface area contributed by atoms with Gasteiger partial charge in [0.2, 0.25) is 5.75 Å². The SMILES string of the molecule is COc1cc(/C=C2\SC(=O)N(c3ccc(O)cc3)C2=O)cc(OC)c1O. The molecule has 2 aromatic carbocycles. The maximum Gasteiger partial charge on any atom is 0.298 e. The largest absolute Gasteiger partial charge is 0.508 e. The molecular weight excluding hydrogens is 358 g/mol. The number of rotatable bonds is 4. The van der Waals surface area contributed by atoms with E-state index in [1.54, 1.807) is 0 Å². The van der Waals surface area contributed by atoms with E-state index in [1.165, 1.54) is 56.7 Å². The summed E-state index contributed by atoms with van der Waals surface area (Å²) in [6.07, 6.45) is 1.52. The minimum Gasteiger partial charge on any atom is -0.508 e. The van der Waals surface area contributed by atoms with Gasteiger partial charge in [-0.3, -0.25) is 9.59 Å². The lowest BCUT2D eigenvalue weighted by molar-refractivity contribution is -0.113. The van der Waals surface area contributed by atoms with Crippen LogP contribution in [0.3, 0.4) is 0 Å². The van der Waals surface area contributed by atoms with Gasteiger partial charge in [-0.25, -0.2) is 4.90 Å². The highest BCUT2D eigenvalue weighted by molar-refractivity contribution is 8.19. The summed E-state index contributed by atoms with van der Waals surface area (Å²) in [5, 5.41) is 18.9. The van der Waals surface area contributed by atoms with Crippen molar-refractivity contribution >= 4 is 34.7 Å². The van der Waals surface area contributed by atoms with Gasteiger partial charge in [-0.05, 0) is 59.8 Å². The van der Waals surface area contributed by atoms with E-state index in [9.17, 15) is 19.8 Å². The number of nitrogens with zero attached hydrogens (tertiary/aromatic N) is 1. The predicted molar refractivity (Wildman–Crippen MR) is 97.8 cm³/mol. The summed E-state index contributed by atoms with van der Waals surface area (Å²) in [5.74, 6) is -0.206. The molecule has 3 rings (SSSR count). The molecule has 1 aliphatic rings. The first-order valence-electron chi connectivity index (χ1n) is 7.46. The van der Waals surface area contributed by atoms with Crippen molar-refractivity contribution in [2.75, 3.05) is 19.1 Å². The van der Waals surface area contributed by atoms with Crippen LogP contribution in [0.25, 0.3) is 6.08 Å². The Morgan fingerprint density at radius 1 is 1.00 bits per heavy atom. The van der Waals surface area contributed by atoms with Crippen LogP contribution in [0.5, 0.6) is 23.0 Å². The van der Waals surface area contributed by atoms with E-state index in [0.717, 1.165) is 16.7 Å². The molecule has 134 valence electrons. The molecule has 7 nitrogen and oxygen atoms in total. The van der Waals surface area contributed by atoms with Crippen LogP contribution in [-0.4, -0.2) is 35.6 Å². The second kappa shape index (κ2) is 7.01. The van der Waals surface area contributed by atoms with Crippen molar-refractivity contribution in [1.82, 2.24) is 0 Å². The van der Waals surface area contributed by atoms with Crippen molar-refractivity contribution in [2.45, 2.75) is 0 Å². The summed E-state index contributed by atoms with van der Waals surface area (Å²) in [7, 11) is 2.80. The van der Waals surface area contributed by atoms with Gasteiger partial charge in [-0.15, -0.1) is 0 Å². The molecule has 1 heterocycles. The topological polar surface area (TPSA) is 96.3 Å². The molecule has 2 aromatic rings. The molecule has 2 amide bonds. The van der Waals surface area contributed by atoms with E-state index in [0.29, 0.717) is 11.3 Å². The number of anilines is 1. The van der Waals surface area contributed by atoms with Gasteiger partial charge < -0.3 is 19.7 Å². The molecule has 1 fully saturated rings. The van der Waals surface area contributed by atoms with Crippen LogP contribution in [0.2, 0.25) is 0 Å². The van der Waals surface area contributed by atoms with E-state index >= 15 is 0 Å². The highest BCUT2D eigenvalue weighted by Crippen LogP contribution is 2.40. The van der Waals surface area contributed by atoms with Gasteiger partial charge >= 0.3 is 0 Å². The molecule has 1 aliphatic heterocycles. The summed E-state index contributed by atoms with van der Waals surface area (Å²) in [6.45, 7) is 0. The summed E-state index contributed by atoms with van der Waals surface area (Å²) in [5.41, 5.74) is 0.905. The Morgan fingerprint density at radius 2 is 1.58 bits per heavy atom. The van der Waals surface area contributed by atoms with E-state index in [1.807, 2.05) is 0 Å². The Bertz CT molecular complexity index is 881. The monoisotopic (exact) mass is 373 g/mol. The van der Waals surface area contributed by atoms with Gasteiger partial charge in [0, 0.05) is 0 Å². The zero-order chi connectivity index (χ0) is 18.8. The second-order valence-electron chi connectivity index (χ2n) is 5.31. The highest BCUT2D eigenvalue weighted by atomic mass is 32.2. The average molecular weight is 373 g/mol. The van der Waals surface area contributed by atoms with E-state index in [4.69, 9.17) is 9.47 Å². The number of hydrogen-bond acceptors (Lipinski definition) is 7. The number of amides is 2. The number of carbonyl (C=O) groups excluding carboxylic acids is 2. The van der Waals surface area contributed by atoms with Crippen molar-refractivity contribution in [1.29, 1.82) is 0 Å². The maximum atomic E-state index is 12.6. The lowest BCUT2D eigenvalue weighted by atomic mass is 10.1. The van der Waals surface area contributed by atoms with Gasteiger partial charge in [-0.2, -0.15) is 0 Å². The first kappa shape index (κ1) is 17.7. The number of carbonyl (C=O) groups is 2.